The molecule has 1 rings (SSSR count). The van der Waals surface area contributed by atoms with Crippen LogP contribution in [0, 0.1) is 5.92 Å². The lowest BCUT2D eigenvalue weighted by Crippen LogP contribution is -2.34. The summed E-state index contributed by atoms with van der Waals surface area (Å²) in [6.45, 7) is 3.19. The van der Waals surface area contributed by atoms with Crippen LogP contribution >= 0.6 is 0 Å². The molecule has 0 bridgehead atoms. The van der Waals surface area contributed by atoms with Crippen LogP contribution < -0.4 is 11.1 Å². The Balaban J connectivity index is 2.16. The van der Waals surface area contributed by atoms with Crippen molar-refractivity contribution in [1.82, 2.24) is 5.32 Å². The first-order valence-corrected chi connectivity index (χ1v) is 4.96. The second-order valence-electron chi connectivity index (χ2n) is 3.75. The molecule has 4 heteroatoms. The van der Waals surface area contributed by atoms with Gasteiger partial charge in [0.1, 0.15) is 5.84 Å². The van der Waals surface area contributed by atoms with Gasteiger partial charge in [-0.2, -0.15) is 0 Å². The van der Waals surface area contributed by atoms with Gasteiger partial charge in [-0.15, -0.1) is 0 Å². The Labute approximate surface area is 79.2 Å². The SMILES string of the molecule is CCC(CC(N)=NO)NCC1CC1. The Morgan fingerprint density at radius 2 is 2.38 bits per heavy atom. The van der Waals surface area contributed by atoms with E-state index in [4.69, 9.17) is 10.9 Å². The summed E-state index contributed by atoms with van der Waals surface area (Å²) in [5.41, 5.74) is 5.43. The van der Waals surface area contributed by atoms with Crippen LogP contribution in [-0.4, -0.2) is 23.6 Å². The van der Waals surface area contributed by atoms with E-state index in [0.717, 1.165) is 18.9 Å². The van der Waals surface area contributed by atoms with Crippen molar-refractivity contribution in [3.63, 3.8) is 0 Å². The Kier molecular flexibility index (Phi) is 4.02. The van der Waals surface area contributed by atoms with Crippen molar-refractivity contribution in [1.29, 1.82) is 0 Å². The smallest absolute Gasteiger partial charge is 0.140 e. The summed E-state index contributed by atoms with van der Waals surface area (Å²) >= 11 is 0. The van der Waals surface area contributed by atoms with Crippen molar-refractivity contribution in [3.8, 4) is 0 Å². The number of hydrogen-bond donors (Lipinski definition) is 3. The lowest BCUT2D eigenvalue weighted by atomic mass is 10.1. The van der Waals surface area contributed by atoms with Crippen LogP contribution in [0.2, 0.25) is 0 Å². The number of nitrogens with zero attached hydrogens (tertiary/aromatic N) is 1. The molecule has 76 valence electrons. The van der Waals surface area contributed by atoms with E-state index in [1.807, 2.05) is 0 Å². The highest BCUT2D eigenvalue weighted by Gasteiger charge is 2.21. The van der Waals surface area contributed by atoms with Crippen molar-refractivity contribution in [3.05, 3.63) is 0 Å². The van der Waals surface area contributed by atoms with E-state index in [-0.39, 0.29) is 0 Å². The van der Waals surface area contributed by atoms with Gasteiger partial charge in [0, 0.05) is 12.5 Å². The summed E-state index contributed by atoms with van der Waals surface area (Å²) in [5.74, 6) is 1.19. The van der Waals surface area contributed by atoms with Gasteiger partial charge in [0.25, 0.3) is 0 Å². The molecule has 0 radical (unpaired) electrons. The zero-order valence-corrected chi connectivity index (χ0v) is 8.16. The predicted octanol–water partition coefficient (Wildman–Crippen LogP) is 0.901. The van der Waals surface area contributed by atoms with Gasteiger partial charge in [0.2, 0.25) is 0 Å². The van der Waals surface area contributed by atoms with E-state index in [2.05, 4.69) is 17.4 Å². The molecule has 1 saturated carbocycles. The van der Waals surface area contributed by atoms with Crippen molar-refractivity contribution < 1.29 is 5.21 Å². The zero-order valence-electron chi connectivity index (χ0n) is 8.16. The fraction of sp³-hybridized carbons (Fsp3) is 0.889. The molecule has 0 heterocycles. The molecule has 4 N–H and O–H groups in total. The minimum absolute atomic E-state index is 0.315. The molecule has 1 fully saturated rings. The largest absolute Gasteiger partial charge is 0.409 e. The fourth-order valence-corrected chi connectivity index (χ4v) is 1.31. The zero-order chi connectivity index (χ0) is 9.68. The molecule has 4 nitrogen and oxygen atoms in total. The van der Waals surface area contributed by atoms with Gasteiger partial charge in [-0.25, -0.2) is 0 Å². The lowest BCUT2D eigenvalue weighted by molar-refractivity contribution is 0.315. The van der Waals surface area contributed by atoms with Crippen molar-refractivity contribution in [2.24, 2.45) is 16.8 Å². The van der Waals surface area contributed by atoms with Crippen molar-refractivity contribution in [2.45, 2.75) is 38.6 Å². The van der Waals surface area contributed by atoms with E-state index in [1.165, 1.54) is 12.8 Å². The Morgan fingerprint density at radius 1 is 1.69 bits per heavy atom. The molecule has 0 aromatic rings. The highest BCUT2D eigenvalue weighted by atomic mass is 16.4. The monoisotopic (exact) mass is 185 g/mol. The van der Waals surface area contributed by atoms with Crippen molar-refractivity contribution in [2.75, 3.05) is 6.54 Å². The normalized spacial score (nSPS) is 20.2. The molecule has 13 heavy (non-hydrogen) atoms. The Bertz CT molecular complexity index is 178. The average molecular weight is 185 g/mol. The number of nitrogens with two attached hydrogens (primary N) is 1. The van der Waals surface area contributed by atoms with Crippen LogP contribution in [0.1, 0.15) is 32.6 Å². The molecular formula is C9H19N3O. The van der Waals surface area contributed by atoms with Gasteiger partial charge in [0.05, 0.1) is 0 Å². The van der Waals surface area contributed by atoms with E-state index in [1.54, 1.807) is 0 Å². The molecule has 0 aromatic carbocycles. The second kappa shape index (κ2) is 5.07. The minimum Gasteiger partial charge on any atom is -0.409 e. The van der Waals surface area contributed by atoms with E-state index in [9.17, 15) is 0 Å². The molecule has 0 aliphatic heterocycles. The van der Waals surface area contributed by atoms with Crippen LogP contribution in [0.15, 0.2) is 5.16 Å². The molecule has 1 aliphatic rings. The van der Waals surface area contributed by atoms with Crippen LogP contribution in [0.5, 0.6) is 0 Å². The van der Waals surface area contributed by atoms with Crippen LogP contribution in [0.4, 0.5) is 0 Å². The lowest BCUT2D eigenvalue weighted by Gasteiger charge is -2.15. The third kappa shape index (κ3) is 4.12. The number of oxime groups is 1. The molecule has 1 atom stereocenters. The van der Waals surface area contributed by atoms with Gasteiger partial charge in [-0.1, -0.05) is 12.1 Å². The summed E-state index contributed by atoms with van der Waals surface area (Å²) in [6.07, 6.45) is 4.36. The predicted molar refractivity (Wildman–Crippen MR) is 52.8 cm³/mol. The van der Waals surface area contributed by atoms with E-state index < -0.39 is 0 Å². The maximum atomic E-state index is 8.40. The van der Waals surface area contributed by atoms with Gasteiger partial charge < -0.3 is 16.3 Å². The summed E-state index contributed by atoms with van der Waals surface area (Å²) in [6, 6.07) is 0.358. The van der Waals surface area contributed by atoms with Gasteiger partial charge >= 0.3 is 0 Å². The standard InChI is InChI=1S/C9H19N3O/c1-2-8(5-9(10)12-13)11-6-7-3-4-7/h7-8,11,13H,2-6H2,1H3,(H2,10,12). The molecular weight excluding hydrogens is 166 g/mol. The highest BCUT2D eigenvalue weighted by molar-refractivity contribution is 5.80. The molecule has 1 aliphatic carbocycles. The van der Waals surface area contributed by atoms with E-state index >= 15 is 0 Å². The van der Waals surface area contributed by atoms with Gasteiger partial charge in [-0.05, 0) is 31.7 Å². The maximum Gasteiger partial charge on any atom is 0.140 e. The molecule has 0 amide bonds. The Morgan fingerprint density at radius 3 is 2.85 bits per heavy atom. The summed E-state index contributed by atoms with van der Waals surface area (Å²) < 4.78 is 0. The number of hydrogen-bond acceptors (Lipinski definition) is 3. The second-order valence-corrected chi connectivity index (χ2v) is 3.75. The Hall–Kier alpha value is -0.770. The minimum atomic E-state index is 0.315. The topological polar surface area (TPSA) is 70.6 Å². The first kappa shape index (κ1) is 10.3. The number of nitrogens with one attached hydrogen (secondary N) is 1. The molecule has 1 unspecified atom stereocenters. The molecule has 0 spiro atoms. The summed E-state index contributed by atoms with van der Waals surface area (Å²) in [7, 11) is 0. The highest BCUT2D eigenvalue weighted by Crippen LogP contribution is 2.27. The first-order chi connectivity index (χ1) is 6.26. The maximum absolute atomic E-state index is 8.40. The number of rotatable bonds is 6. The third-order valence-corrected chi connectivity index (χ3v) is 2.47. The van der Waals surface area contributed by atoms with Crippen LogP contribution in [0.25, 0.3) is 0 Å². The van der Waals surface area contributed by atoms with Gasteiger partial charge in [-0.3, -0.25) is 0 Å². The quantitative estimate of drug-likeness (QED) is 0.249. The number of amidine groups is 1. The molecule has 0 saturated heterocycles. The summed E-state index contributed by atoms with van der Waals surface area (Å²) in [4.78, 5) is 0. The first-order valence-electron chi connectivity index (χ1n) is 4.96. The van der Waals surface area contributed by atoms with Crippen LogP contribution in [-0.2, 0) is 0 Å². The van der Waals surface area contributed by atoms with Crippen LogP contribution in [0.3, 0.4) is 0 Å². The average Bonchev–Trinajstić information content (AvgIpc) is 2.95. The van der Waals surface area contributed by atoms with Crippen molar-refractivity contribution >= 4 is 5.84 Å². The fourth-order valence-electron chi connectivity index (χ4n) is 1.31. The summed E-state index contributed by atoms with van der Waals surface area (Å²) in [5, 5.41) is 14.8. The van der Waals surface area contributed by atoms with Gasteiger partial charge in [0.15, 0.2) is 0 Å². The third-order valence-electron chi connectivity index (χ3n) is 2.47. The molecule has 0 aromatic heterocycles. The van der Waals surface area contributed by atoms with E-state index in [0.29, 0.717) is 18.3 Å².